The highest BCUT2D eigenvalue weighted by atomic mass is 19.4. The number of alkyl halides is 6. The van der Waals surface area contributed by atoms with Crippen molar-refractivity contribution in [3.05, 3.63) is 35.8 Å². The Morgan fingerprint density at radius 1 is 0.722 bits per heavy atom. The van der Waals surface area contributed by atoms with Crippen LogP contribution in [0.3, 0.4) is 0 Å². The molecule has 0 bridgehead atoms. The third-order valence-corrected chi connectivity index (χ3v) is 1.42. The van der Waals surface area contributed by atoms with Crippen LogP contribution in [-0.4, -0.2) is 12.7 Å². The van der Waals surface area contributed by atoms with Crippen LogP contribution >= 0.6 is 0 Å². The predicted octanol–water partition coefficient (Wildman–Crippen LogP) is 4.42. The molecule has 0 aromatic carbocycles. The number of halogens is 6. The lowest BCUT2D eigenvalue weighted by molar-refractivity contribution is -0.319. The van der Waals surface area contributed by atoms with E-state index in [4.69, 9.17) is 0 Å². The molecule has 0 heterocycles. The van der Waals surface area contributed by atoms with E-state index in [1.54, 1.807) is 0 Å². The van der Waals surface area contributed by atoms with Crippen molar-refractivity contribution in [2.45, 2.75) is 26.6 Å². The zero-order valence-electron chi connectivity index (χ0n) is 9.50. The van der Waals surface area contributed by atoms with Crippen molar-refractivity contribution in [2.75, 3.05) is 0 Å². The summed E-state index contributed by atoms with van der Waals surface area (Å²) in [5.41, 5.74) is -0.760. The molecule has 0 radical (unpaired) electrons. The number of hydrogen-bond acceptors (Lipinski definition) is 2. The second kappa shape index (κ2) is 5.36. The third-order valence-electron chi connectivity index (χ3n) is 1.42. The first-order valence-electron chi connectivity index (χ1n) is 4.41. The highest BCUT2D eigenvalue weighted by Crippen LogP contribution is 2.32. The van der Waals surface area contributed by atoms with E-state index in [9.17, 15) is 26.3 Å². The van der Waals surface area contributed by atoms with Gasteiger partial charge in [-0.1, -0.05) is 13.2 Å². The molecule has 0 aromatic rings. The Bertz CT molecular complexity index is 339. The molecular weight excluding hydrogens is 266 g/mol. The van der Waals surface area contributed by atoms with Gasteiger partial charge in [0.25, 0.3) is 0 Å². The molecule has 0 rings (SSSR count). The van der Waals surface area contributed by atoms with Gasteiger partial charge in [0.05, 0.1) is 0 Å². The van der Waals surface area contributed by atoms with Crippen molar-refractivity contribution in [1.82, 2.24) is 0 Å². The van der Waals surface area contributed by atoms with E-state index in [0.29, 0.717) is 0 Å². The van der Waals surface area contributed by atoms with E-state index >= 15 is 0 Å². The fourth-order valence-electron chi connectivity index (χ4n) is 0.886. The molecule has 0 unspecified atom stereocenters. The minimum atomic E-state index is -5.16. The molecule has 0 aliphatic carbocycles. The summed E-state index contributed by atoms with van der Waals surface area (Å²) in [6.45, 7) is 8.29. The maximum absolute atomic E-state index is 12.1. The Morgan fingerprint density at radius 3 is 1.06 bits per heavy atom. The summed E-state index contributed by atoms with van der Waals surface area (Å²) in [6.07, 6.45) is -10.3. The monoisotopic (exact) mass is 276 g/mol. The summed E-state index contributed by atoms with van der Waals surface area (Å²) in [5.74, 6) is -2.32. The molecule has 18 heavy (non-hydrogen) atoms. The van der Waals surface area contributed by atoms with Crippen LogP contribution in [0.25, 0.3) is 0 Å². The van der Waals surface area contributed by atoms with Crippen LogP contribution in [0.5, 0.6) is 0 Å². The summed E-state index contributed by atoms with van der Waals surface area (Å²) in [7, 11) is 0. The molecule has 0 spiro atoms. The lowest BCUT2D eigenvalue weighted by atomic mass is 10.2. The quantitative estimate of drug-likeness (QED) is 0.430. The maximum atomic E-state index is 12.1. The zero-order valence-corrected chi connectivity index (χ0v) is 9.50. The molecule has 0 fully saturated rings. The first kappa shape index (κ1) is 16.4. The number of allylic oxidation sites excluding steroid dienone is 2. The molecule has 0 saturated carbocycles. The van der Waals surface area contributed by atoms with E-state index in [2.05, 4.69) is 22.6 Å². The van der Waals surface area contributed by atoms with Crippen molar-refractivity contribution in [3.63, 3.8) is 0 Å². The van der Waals surface area contributed by atoms with Crippen molar-refractivity contribution in [3.8, 4) is 0 Å². The average molecular weight is 276 g/mol. The minimum Gasteiger partial charge on any atom is -0.402 e. The van der Waals surface area contributed by atoms with Gasteiger partial charge in [0.15, 0.2) is 11.5 Å². The molecule has 0 atom stereocenters. The topological polar surface area (TPSA) is 18.5 Å². The van der Waals surface area contributed by atoms with Crippen LogP contribution in [0.4, 0.5) is 26.3 Å². The minimum absolute atomic E-state index is 0.380. The van der Waals surface area contributed by atoms with Gasteiger partial charge in [-0.25, -0.2) is 0 Å². The first-order valence-corrected chi connectivity index (χ1v) is 4.41. The fourth-order valence-corrected chi connectivity index (χ4v) is 0.886. The summed E-state index contributed by atoms with van der Waals surface area (Å²) in [5, 5.41) is 0. The highest BCUT2D eigenvalue weighted by Gasteiger charge is 2.38. The number of rotatable bonds is 4. The summed E-state index contributed by atoms with van der Waals surface area (Å²) in [6, 6.07) is 0. The molecule has 0 amide bonds. The zero-order chi connectivity index (χ0) is 14.7. The van der Waals surface area contributed by atoms with Crippen molar-refractivity contribution < 1.29 is 35.8 Å². The van der Waals surface area contributed by atoms with Crippen LogP contribution in [0.2, 0.25) is 0 Å². The van der Waals surface area contributed by atoms with E-state index < -0.39 is 24.2 Å². The molecule has 0 N–H and O–H groups in total. The van der Waals surface area contributed by atoms with Crippen LogP contribution in [0.15, 0.2) is 35.8 Å². The van der Waals surface area contributed by atoms with Gasteiger partial charge >= 0.3 is 12.7 Å². The highest BCUT2D eigenvalue weighted by molar-refractivity contribution is 5.34. The molecule has 0 saturated heterocycles. The van der Waals surface area contributed by atoms with Gasteiger partial charge in [0.2, 0.25) is 0 Å². The molecule has 0 aliphatic rings. The van der Waals surface area contributed by atoms with Crippen molar-refractivity contribution in [1.29, 1.82) is 0 Å². The van der Waals surface area contributed by atoms with Gasteiger partial charge < -0.3 is 9.47 Å². The fraction of sp³-hybridized carbons (Fsp3) is 0.400. The SMILES string of the molecule is C=C(C)/C(OC(F)(F)F)=C(/OC(F)(F)F)C(=C)C. The largest absolute Gasteiger partial charge is 0.573 e. The van der Waals surface area contributed by atoms with E-state index in [1.165, 1.54) is 0 Å². The van der Waals surface area contributed by atoms with Crippen LogP contribution < -0.4 is 0 Å². The van der Waals surface area contributed by atoms with Crippen LogP contribution in [0.1, 0.15) is 13.8 Å². The van der Waals surface area contributed by atoms with Gasteiger partial charge in [0.1, 0.15) is 0 Å². The Morgan fingerprint density at radius 2 is 0.944 bits per heavy atom. The van der Waals surface area contributed by atoms with Crippen LogP contribution in [-0.2, 0) is 9.47 Å². The van der Waals surface area contributed by atoms with Crippen molar-refractivity contribution in [2.24, 2.45) is 0 Å². The third kappa shape index (κ3) is 6.21. The molecule has 2 nitrogen and oxygen atoms in total. The van der Waals surface area contributed by atoms with E-state index in [1.807, 2.05) is 0 Å². The van der Waals surface area contributed by atoms with Gasteiger partial charge in [0, 0.05) is 0 Å². The van der Waals surface area contributed by atoms with E-state index in [-0.39, 0.29) is 11.1 Å². The molecule has 0 aliphatic heterocycles. The van der Waals surface area contributed by atoms with E-state index in [0.717, 1.165) is 13.8 Å². The standard InChI is InChI=1S/C10H10F6O2/c1-5(2)7(17-9(11,12)13)8(6(3)4)18-10(14,15)16/h1,3H2,2,4H3/b8-7-. The number of ether oxygens (including phenoxy) is 2. The maximum Gasteiger partial charge on any atom is 0.573 e. The van der Waals surface area contributed by atoms with Crippen molar-refractivity contribution >= 4 is 0 Å². The van der Waals surface area contributed by atoms with Gasteiger partial charge in [-0.3, -0.25) is 0 Å². The Kier molecular flexibility index (Phi) is 4.89. The Labute approximate surface area is 99.2 Å². The van der Waals surface area contributed by atoms with Gasteiger partial charge in [-0.05, 0) is 25.0 Å². The summed E-state index contributed by atoms with van der Waals surface area (Å²) < 4.78 is 79.3. The summed E-state index contributed by atoms with van der Waals surface area (Å²) >= 11 is 0. The number of hydrogen-bond donors (Lipinski definition) is 0. The molecule has 104 valence electrons. The first-order chi connectivity index (χ1) is 7.83. The Balaban J connectivity index is 5.60. The summed E-state index contributed by atoms with van der Waals surface area (Å²) in [4.78, 5) is 0. The van der Waals surface area contributed by atoms with Gasteiger partial charge in [-0.2, -0.15) is 0 Å². The second-order valence-corrected chi connectivity index (χ2v) is 3.31. The lowest BCUT2D eigenvalue weighted by Crippen LogP contribution is -2.19. The van der Waals surface area contributed by atoms with Crippen LogP contribution in [0, 0.1) is 0 Å². The average Bonchev–Trinajstić information content (AvgIpc) is 2.06. The lowest BCUT2D eigenvalue weighted by Gasteiger charge is -2.19. The molecule has 8 heteroatoms. The second-order valence-electron chi connectivity index (χ2n) is 3.31. The molecule has 0 aromatic heterocycles. The predicted molar refractivity (Wildman–Crippen MR) is 50.9 cm³/mol. The Hall–Kier alpha value is -1.60. The normalized spacial score (nSPS) is 13.8. The van der Waals surface area contributed by atoms with Gasteiger partial charge in [-0.15, -0.1) is 26.3 Å². The smallest absolute Gasteiger partial charge is 0.402 e. The molecular formula is C10H10F6O2.